The van der Waals surface area contributed by atoms with E-state index < -0.39 is 65.1 Å². The highest BCUT2D eigenvalue weighted by Gasteiger charge is 2.70. The van der Waals surface area contributed by atoms with Crippen molar-refractivity contribution in [1.82, 2.24) is 19.6 Å². The van der Waals surface area contributed by atoms with E-state index in [4.69, 9.17) is 16.2 Å². The number of ether oxygens (including phenoxy) is 1. The molecular weight excluding hydrogens is 621 g/mol. The van der Waals surface area contributed by atoms with Crippen LogP contribution in [0.5, 0.6) is 0 Å². The zero-order valence-corrected chi connectivity index (χ0v) is 28.5. The Morgan fingerprint density at radius 3 is 2.09 bits per heavy atom. The van der Waals surface area contributed by atoms with Crippen LogP contribution in [0.25, 0.3) is 0 Å². The highest BCUT2D eigenvalue weighted by Crippen LogP contribution is 2.57. The largest absolute Gasteiger partial charge is 0.385 e. The monoisotopic (exact) mass is 666 g/mol. The number of barbiturate groups is 1. The molecule has 0 aromatic rings. The smallest absolute Gasteiger partial charge is 0.334 e. The van der Waals surface area contributed by atoms with Crippen molar-refractivity contribution in [3.05, 3.63) is 11.4 Å². The molecule has 45 heavy (non-hydrogen) atoms. The first-order valence-electron chi connectivity index (χ1n) is 15.8. The lowest BCUT2D eigenvalue weighted by Crippen LogP contribution is -2.71. The van der Waals surface area contributed by atoms with Gasteiger partial charge in [0.1, 0.15) is 18.1 Å². The number of carbonyl (C=O) groups excluding carboxylic acids is 5. The highest BCUT2D eigenvalue weighted by molar-refractivity contribution is 7.93. The number of carbonyl (C=O) groups is 5. The van der Waals surface area contributed by atoms with Crippen LogP contribution in [0.4, 0.5) is 9.59 Å². The summed E-state index contributed by atoms with van der Waals surface area (Å²) in [6.45, 7) is 8.93. The van der Waals surface area contributed by atoms with E-state index in [0.717, 1.165) is 27.2 Å². The van der Waals surface area contributed by atoms with Gasteiger partial charge in [-0.15, -0.1) is 0 Å². The molecular formula is C29H46N6O8SSi. The van der Waals surface area contributed by atoms with Gasteiger partial charge in [0.25, 0.3) is 17.7 Å². The summed E-state index contributed by atoms with van der Waals surface area (Å²) in [7, 11) is -4.81. The molecule has 3 heterocycles. The molecule has 0 atom stereocenters. The molecule has 5 aliphatic rings. The first kappa shape index (κ1) is 33.4. The Balaban J connectivity index is 1.25. The third-order valence-corrected chi connectivity index (χ3v) is 13.7. The van der Waals surface area contributed by atoms with E-state index in [1.165, 1.54) is 4.90 Å². The van der Waals surface area contributed by atoms with Crippen molar-refractivity contribution < 1.29 is 37.1 Å². The van der Waals surface area contributed by atoms with Crippen molar-refractivity contribution in [2.45, 2.75) is 102 Å². The minimum absolute atomic E-state index is 0.160. The summed E-state index contributed by atoms with van der Waals surface area (Å²) >= 11 is 0. The lowest BCUT2D eigenvalue weighted by molar-refractivity contribution is -0.139. The van der Waals surface area contributed by atoms with Crippen LogP contribution in [0.15, 0.2) is 11.4 Å². The Hall–Kier alpha value is -2.98. The van der Waals surface area contributed by atoms with Crippen molar-refractivity contribution in [2.24, 2.45) is 16.9 Å². The number of nitrogens with two attached hydrogens (primary N) is 2. The van der Waals surface area contributed by atoms with E-state index in [9.17, 15) is 32.4 Å². The van der Waals surface area contributed by atoms with Crippen LogP contribution in [-0.4, -0.2) is 115 Å². The molecule has 0 aromatic heterocycles. The van der Waals surface area contributed by atoms with Crippen LogP contribution in [0.1, 0.15) is 58.3 Å². The number of sulfone groups is 1. The molecule has 0 aromatic carbocycles. The molecule has 3 aliphatic heterocycles. The van der Waals surface area contributed by atoms with Crippen molar-refractivity contribution in [3.8, 4) is 0 Å². The summed E-state index contributed by atoms with van der Waals surface area (Å²) in [6.07, 6.45) is 4.84. The molecule has 0 bridgehead atoms. The number of hydrogen-bond acceptors (Lipinski definition) is 10. The number of rotatable bonds is 10. The van der Waals surface area contributed by atoms with Crippen molar-refractivity contribution in [1.29, 1.82) is 0 Å². The highest BCUT2D eigenvalue weighted by atomic mass is 32.2. The molecule has 250 valence electrons. The van der Waals surface area contributed by atoms with Gasteiger partial charge in [0.15, 0.2) is 15.4 Å². The van der Waals surface area contributed by atoms with E-state index in [1.54, 1.807) is 0 Å². The normalized spacial score (nSPS) is 29.6. The first-order valence-corrected chi connectivity index (χ1v) is 21.4. The topological polar surface area (TPSA) is 194 Å². The van der Waals surface area contributed by atoms with Gasteiger partial charge in [0, 0.05) is 33.3 Å². The van der Waals surface area contributed by atoms with Gasteiger partial charge >= 0.3 is 12.1 Å². The molecule has 0 unspecified atom stereocenters. The standard InChI is InChI=1S/C29H46N6O8SSi/c1-5-6-11-32-23(36)21(22(30)31)24(37)34(26(32)39)19-7-9-28(10-8-19)14-20(15-28)35-27(40)33(18-43-12-13-45(2,3)4)25(38)29(35)16-44(41,42)17-29/h19-20H,5-18,30-31H2,1-4H3. The lowest BCUT2D eigenvalue weighted by Gasteiger charge is -2.57. The summed E-state index contributed by atoms with van der Waals surface area (Å²) < 4.78 is 30.4. The van der Waals surface area contributed by atoms with Crippen LogP contribution in [0.3, 0.4) is 0 Å². The van der Waals surface area contributed by atoms with Crippen LogP contribution in [0, 0.1) is 5.41 Å². The molecule has 5 rings (SSSR count). The molecule has 2 saturated carbocycles. The van der Waals surface area contributed by atoms with E-state index in [-0.39, 0.29) is 41.8 Å². The molecule has 16 heteroatoms. The second kappa shape index (κ2) is 11.7. The number of amides is 7. The Morgan fingerprint density at radius 1 is 0.933 bits per heavy atom. The maximum atomic E-state index is 13.6. The lowest BCUT2D eigenvalue weighted by atomic mass is 9.57. The predicted octanol–water partition coefficient (Wildman–Crippen LogP) is 1.54. The van der Waals surface area contributed by atoms with Gasteiger partial charge in [0.05, 0.1) is 11.5 Å². The summed E-state index contributed by atoms with van der Waals surface area (Å²) in [5, 5.41) is 0. The number of hydrogen-bond donors (Lipinski definition) is 2. The van der Waals surface area contributed by atoms with Gasteiger partial charge in [-0.25, -0.2) is 22.9 Å². The van der Waals surface area contributed by atoms with Crippen LogP contribution in [-0.2, 0) is 29.0 Å². The van der Waals surface area contributed by atoms with Gasteiger partial charge < -0.3 is 21.1 Å². The molecule has 3 saturated heterocycles. The van der Waals surface area contributed by atoms with E-state index in [2.05, 4.69) is 19.6 Å². The molecule has 5 fully saturated rings. The second-order valence-electron chi connectivity index (χ2n) is 14.7. The average Bonchev–Trinajstić information content (AvgIpc) is 3.10. The molecule has 7 amide bonds. The maximum Gasteiger partial charge on any atom is 0.334 e. The SMILES string of the molecule is CCCCN1C(=O)C(=C(N)N)C(=O)N(C2CCC3(CC2)CC(N2C(=O)N(COCC[Si](C)(C)C)C(=O)C24CS(=O)(=O)C4)C3)C1=O. The quantitative estimate of drug-likeness (QED) is 0.114. The van der Waals surface area contributed by atoms with E-state index in [0.29, 0.717) is 51.6 Å². The van der Waals surface area contributed by atoms with Crippen LogP contribution >= 0.6 is 0 Å². The third-order valence-electron chi connectivity index (χ3n) is 10.1. The summed E-state index contributed by atoms with van der Waals surface area (Å²) in [6, 6.07) is -1.03. The van der Waals surface area contributed by atoms with Crippen molar-refractivity contribution in [3.63, 3.8) is 0 Å². The first-order chi connectivity index (χ1) is 21.0. The van der Waals surface area contributed by atoms with Crippen LogP contribution < -0.4 is 11.5 Å². The zero-order valence-electron chi connectivity index (χ0n) is 26.7. The summed E-state index contributed by atoms with van der Waals surface area (Å²) in [4.78, 5) is 71.4. The van der Waals surface area contributed by atoms with Gasteiger partial charge in [0.2, 0.25) is 0 Å². The number of urea groups is 2. The van der Waals surface area contributed by atoms with Crippen molar-refractivity contribution in [2.75, 3.05) is 31.4 Å². The minimum atomic E-state index is -3.43. The fourth-order valence-electron chi connectivity index (χ4n) is 7.59. The molecule has 0 radical (unpaired) electrons. The van der Waals surface area contributed by atoms with Gasteiger partial charge in [-0.05, 0) is 56.4 Å². The number of imide groups is 3. The number of nitrogens with zero attached hydrogens (tertiary/aromatic N) is 4. The third kappa shape index (κ3) is 5.88. The Labute approximate surface area is 265 Å². The second-order valence-corrected chi connectivity index (χ2v) is 22.4. The fraction of sp³-hybridized carbons (Fsp3) is 0.759. The predicted molar refractivity (Wildman–Crippen MR) is 166 cm³/mol. The maximum absolute atomic E-state index is 13.6. The molecule has 2 spiro atoms. The van der Waals surface area contributed by atoms with Gasteiger partial charge in [-0.3, -0.25) is 24.2 Å². The Kier molecular flexibility index (Phi) is 8.66. The summed E-state index contributed by atoms with van der Waals surface area (Å²) in [5.74, 6) is -3.22. The molecule has 4 N–H and O–H groups in total. The van der Waals surface area contributed by atoms with Crippen LogP contribution in [0.2, 0.25) is 25.7 Å². The average molecular weight is 667 g/mol. The van der Waals surface area contributed by atoms with E-state index in [1.807, 2.05) is 6.92 Å². The minimum Gasteiger partial charge on any atom is -0.385 e. The fourth-order valence-corrected chi connectivity index (χ4v) is 10.2. The van der Waals surface area contributed by atoms with Gasteiger partial charge in [-0.2, -0.15) is 0 Å². The van der Waals surface area contributed by atoms with Gasteiger partial charge in [-0.1, -0.05) is 33.0 Å². The van der Waals surface area contributed by atoms with E-state index >= 15 is 0 Å². The van der Waals surface area contributed by atoms with Crippen molar-refractivity contribution >= 4 is 47.7 Å². The Morgan fingerprint density at radius 2 is 1.56 bits per heavy atom. The zero-order chi connectivity index (χ0) is 33.1. The summed E-state index contributed by atoms with van der Waals surface area (Å²) in [5.41, 5.74) is 9.50. The molecule has 14 nitrogen and oxygen atoms in total. The number of unbranched alkanes of at least 4 members (excludes halogenated alkanes) is 1. The molecule has 2 aliphatic carbocycles. The Bertz CT molecular complexity index is 1410.